The molecule has 1 aliphatic heterocycles. The summed E-state index contributed by atoms with van der Waals surface area (Å²) in [5, 5.41) is 2.74. The molecular weight excluding hydrogens is 312 g/mol. The molecular formula is C16H22N4O4. The first-order valence-corrected chi connectivity index (χ1v) is 7.88. The van der Waals surface area contributed by atoms with Gasteiger partial charge in [0, 0.05) is 46.4 Å². The van der Waals surface area contributed by atoms with E-state index in [0.29, 0.717) is 45.8 Å². The molecule has 1 N–H and O–H groups in total. The fraction of sp³-hybridized carbons (Fsp3) is 0.500. The van der Waals surface area contributed by atoms with Gasteiger partial charge in [0.05, 0.1) is 0 Å². The van der Waals surface area contributed by atoms with E-state index in [0.717, 1.165) is 6.41 Å². The second-order valence-electron chi connectivity index (χ2n) is 5.44. The fourth-order valence-electron chi connectivity index (χ4n) is 2.38. The lowest BCUT2D eigenvalue weighted by atomic mass is 10.2. The minimum absolute atomic E-state index is 0.213. The van der Waals surface area contributed by atoms with Crippen molar-refractivity contribution in [2.75, 3.05) is 46.4 Å². The predicted octanol–water partition coefficient (Wildman–Crippen LogP) is -0.238. The number of hydrogen-bond acceptors (Lipinski definition) is 5. The van der Waals surface area contributed by atoms with Crippen LogP contribution in [0.25, 0.3) is 0 Å². The molecule has 2 heterocycles. The first kappa shape index (κ1) is 17.9. The van der Waals surface area contributed by atoms with Crippen LogP contribution in [0.5, 0.6) is 0 Å². The smallest absolute Gasteiger partial charge is 0.272 e. The first-order chi connectivity index (χ1) is 11.7. The standard InChI is InChI=1S/C16H22N4O4/c1-24-11-3-6-17-15(22)13-4-2-5-14(18-13)16(23)20-9-7-19(12-21)8-10-20/h2,4-5,12H,3,6-11H2,1H3,(H,17,22). The van der Waals surface area contributed by atoms with Crippen LogP contribution in [0.2, 0.25) is 0 Å². The summed E-state index contributed by atoms with van der Waals surface area (Å²) in [6, 6.07) is 4.81. The minimum atomic E-state index is -0.313. The van der Waals surface area contributed by atoms with Crippen LogP contribution in [0.4, 0.5) is 0 Å². The summed E-state index contributed by atoms with van der Waals surface area (Å²) in [5.41, 5.74) is 0.448. The highest BCUT2D eigenvalue weighted by molar-refractivity contribution is 5.96. The van der Waals surface area contributed by atoms with Gasteiger partial charge in [-0.05, 0) is 18.6 Å². The van der Waals surface area contributed by atoms with E-state index < -0.39 is 0 Å². The van der Waals surface area contributed by atoms with Gasteiger partial charge in [-0.25, -0.2) is 4.98 Å². The van der Waals surface area contributed by atoms with Crippen molar-refractivity contribution in [2.45, 2.75) is 6.42 Å². The summed E-state index contributed by atoms with van der Waals surface area (Å²) < 4.78 is 4.92. The Morgan fingerprint density at radius 3 is 2.62 bits per heavy atom. The maximum absolute atomic E-state index is 12.5. The van der Waals surface area contributed by atoms with Gasteiger partial charge in [0.15, 0.2) is 0 Å². The number of hydrogen-bond donors (Lipinski definition) is 1. The van der Waals surface area contributed by atoms with Crippen LogP contribution in [0.1, 0.15) is 27.4 Å². The molecule has 24 heavy (non-hydrogen) atoms. The number of piperazine rings is 1. The quantitative estimate of drug-likeness (QED) is 0.549. The molecule has 1 fully saturated rings. The van der Waals surface area contributed by atoms with Gasteiger partial charge in [0.2, 0.25) is 6.41 Å². The molecule has 0 radical (unpaired) electrons. The Morgan fingerprint density at radius 1 is 1.25 bits per heavy atom. The van der Waals surface area contributed by atoms with Crippen LogP contribution >= 0.6 is 0 Å². The molecule has 130 valence electrons. The molecule has 0 saturated carbocycles. The zero-order valence-electron chi connectivity index (χ0n) is 13.7. The van der Waals surface area contributed by atoms with Gasteiger partial charge in [-0.15, -0.1) is 0 Å². The number of carbonyl (C=O) groups is 3. The number of aromatic nitrogens is 1. The van der Waals surface area contributed by atoms with Crippen LogP contribution in [-0.2, 0) is 9.53 Å². The monoisotopic (exact) mass is 334 g/mol. The van der Waals surface area contributed by atoms with Crippen molar-refractivity contribution in [1.82, 2.24) is 20.1 Å². The van der Waals surface area contributed by atoms with Crippen molar-refractivity contribution in [1.29, 1.82) is 0 Å². The zero-order chi connectivity index (χ0) is 17.4. The molecule has 0 aromatic carbocycles. The normalized spacial score (nSPS) is 14.4. The predicted molar refractivity (Wildman–Crippen MR) is 86.6 cm³/mol. The van der Waals surface area contributed by atoms with E-state index in [1.165, 1.54) is 0 Å². The van der Waals surface area contributed by atoms with Crippen molar-refractivity contribution >= 4 is 18.2 Å². The van der Waals surface area contributed by atoms with Gasteiger partial charge >= 0.3 is 0 Å². The second-order valence-corrected chi connectivity index (χ2v) is 5.44. The van der Waals surface area contributed by atoms with E-state index in [1.807, 2.05) is 0 Å². The summed E-state index contributed by atoms with van der Waals surface area (Å²) in [5.74, 6) is -0.541. The number of nitrogens with one attached hydrogen (secondary N) is 1. The molecule has 0 unspecified atom stereocenters. The maximum atomic E-state index is 12.5. The topological polar surface area (TPSA) is 91.8 Å². The molecule has 1 aromatic rings. The highest BCUT2D eigenvalue weighted by atomic mass is 16.5. The number of pyridine rings is 1. The van der Waals surface area contributed by atoms with Crippen LogP contribution in [0, 0.1) is 0 Å². The number of rotatable bonds is 7. The van der Waals surface area contributed by atoms with Crippen LogP contribution in [0.3, 0.4) is 0 Å². The molecule has 8 heteroatoms. The van der Waals surface area contributed by atoms with Gasteiger partial charge in [-0.3, -0.25) is 14.4 Å². The Kier molecular flexibility index (Phi) is 6.68. The van der Waals surface area contributed by atoms with E-state index in [1.54, 1.807) is 35.1 Å². The number of carbonyl (C=O) groups excluding carboxylic acids is 3. The number of methoxy groups -OCH3 is 1. The Balaban J connectivity index is 1.95. The molecule has 2 rings (SSSR count). The highest BCUT2D eigenvalue weighted by Gasteiger charge is 2.22. The largest absolute Gasteiger partial charge is 0.385 e. The minimum Gasteiger partial charge on any atom is -0.385 e. The molecule has 0 aliphatic carbocycles. The first-order valence-electron chi connectivity index (χ1n) is 7.88. The highest BCUT2D eigenvalue weighted by Crippen LogP contribution is 2.07. The summed E-state index contributed by atoms with van der Waals surface area (Å²) in [6.45, 7) is 3.00. The average molecular weight is 334 g/mol. The molecule has 1 aromatic heterocycles. The molecule has 1 saturated heterocycles. The Morgan fingerprint density at radius 2 is 1.96 bits per heavy atom. The maximum Gasteiger partial charge on any atom is 0.272 e. The lowest BCUT2D eigenvalue weighted by Crippen LogP contribution is -2.48. The van der Waals surface area contributed by atoms with Crippen molar-refractivity contribution in [3.63, 3.8) is 0 Å². The van der Waals surface area contributed by atoms with Gasteiger partial charge < -0.3 is 19.9 Å². The van der Waals surface area contributed by atoms with E-state index in [9.17, 15) is 14.4 Å². The zero-order valence-corrected chi connectivity index (χ0v) is 13.7. The molecule has 1 aliphatic rings. The van der Waals surface area contributed by atoms with Gasteiger partial charge in [-0.1, -0.05) is 6.07 Å². The Labute approximate surface area is 140 Å². The Hall–Kier alpha value is -2.48. The third-order valence-electron chi connectivity index (χ3n) is 3.76. The van der Waals surface area contributed by atoms with Crippen molar-refractivity contribution in [3.8, 4) is 0 Å². The number of nitrogens with zero attached hydrogens (tertiary/aromatic N) is 3. The number of amides is 3. The molecule has 0 bridgehead atoms. The van der Waals surface area contributed by atoms with Crippen LogP contribution in [0.15, 0.2) is 18.2 Å². The lowest BCUT2D eigenvalue weighted by molar-refractivity contribution is -0.119. The summed E-state index contributed by atoms with van der Waals surface area (Å²) >= 11 is 0. The van der Waals surface area contributed by atoms with Gasteiger partial charge in [0.25, 0.3) is 11.8 Å². The van der Waals surface area contributed by atoms with Crippen LogP contribution < -0.4 is 5.32 Å². The number of ether oxygens (including phenoxy) is 1. The fourth-order valence-corrected chi connectivity index (χ4v) is 2.38. The molecule has 8 nitrogen and oxygen atoms in total. The van der Waals surface area contributed by atoms with E-state index >= 15 is 0 Å². The van der Waals surface area contributed by atoms with Gasteiger partial charge in [0.1, 0.15) is 11.4 Å². The molecule has 0 atom stereocenters. The van der Waals surface area contributed by atoms with Crippen molar-refractivity contribution in [2.24, 2.45) is 0 Å². The van der Waals surface area contributed by atoms with Crippen LogP contribution in [-0.4, -0.2) is 79.4 Å². The molecule has 0 spiro atoms. The molecule has 3 amide bonds. The summed E-state index contributed by atoms with van der Waals surface area (Å²) in [4.78, 5) is 42.7. The average Bonchev–Trinajstić information content (AvgIpc) is 2.64. The van der Waals surface area contributed by atoms with Crippen molar-refractivity contribution < 1.29 is 19.1 Å². The third-order valence-corrected chi connectivity index (χ3v) is 3.76. The lowest BCUT2D eigenvalue weighted by Gasteiger charge is -2.32. The van der Waals surface area contributed by atoms with E-state index in [4.69, 9.17) is 4.74 Å². The van der Waals surface area contributed by atoms with E-state index in [2.05, 4.69) is 10.3 Å². The summed E-state index contributed by atoms with van der Waals surface area (Å²) in [7, 11) is 1.60. The summed E-state index contributed by atoms with van der Waals surface area (Å²) in [6.07, 6.45) is 1.50. The van der Waals surface area contributed by atoms with Crippen molar-refractivity contribution in [3.05, 3.63) is 29.6 Å². The van der Waals surface area contributed by atoms with E-state index in [-0.39, 0.29) is 23.2 Å². The third kappa shape index (κ3) is 4.76. The van der Waals surface area contributed by atoms with Gasteiger partial charge in [-0.2, -0.15) is 0 Å². The second kappa shape index (κ2) is 8.97. The SMILES string of the molecule is COCCCNC(=O)c1cccc(C(=O)N2CCN(C=O)CC2)n1. The Bertz CT molecular complexity index is 585.